The summed E-state index contributed by atoms with van der Waals surface area (Å²) < 4.78 is 0. The molecule has 2 rings (SSSR count). The third-order valence-corrected chi connectivity index (χ3v) is 4.13. The van der Waals surface area contributed by atoms with Gasteiger partial charge in [0.1, 0.15) is 0 Å². The Bertz CT molecular complexity index is 580. The quantitative estimate of drug-likeness (QED) is 0.727. The summed E-state index contributed by atoms with van der Waals surface area (Å²) in [6.45, 7) is 4.29. The van der Waals surface area contributed by atoms with E-state index in [1.54, 1.807) is 6.08 Å². The molecule has 0 aromatic heterocycles. The zero-order valence-electron chi connectivity index (χ0n) is 14.5. The second kappa shape index (κ2) is 9.11. The van der Waals surface area contributed by atoms with Crippen LogP contribution < -0.4 is 16.0 Å². The Labute approximate surface area is 143 Å². The van der Waals surface area contributed by atoms with Crippen molar-refractivity contribution < 1.29 is 9.59 Å². The van der Waals surface area contributed by atoms with Crippen molar-refractivity contribution in [3.8, 4) is 0 Å². The Hall–Kier alpha value is -2.30. The molecule has 130 valence electrons. The molecule has 5 heteroatoms. The van der Waals surface area contributed by atoms with Crippen molar-refractivity contribution in [2.75, 3.05) is 0 Å². The van der Waals surface area contributed by atoms with Crippen molar-refractivity contribution >= 4 is 11.9 Å². The van der Waals surface area contributed by atoms with Gasteiger partial charge in [-0.15, -0.1) is 0 Å². The van der Waals surface area contributed by atoms with E-state index in [4.69, 9.17) is 0 Å². The van der Waals surface area contributed by atoms with Gasteiger partial charge in [0.2, 0.25) is 5.91 Å². The molecule has 1 aromatic carbocycles. The molecule has 24 heavy (non-hydrogen) atoms. The molecule has 1 aromatic rings. The molecule has 1 aliphatic rings. The number of urea groups is 1. The highest BCUT2D eigenvalue weighted by molar-refractivity contribution is 5.88. The molecule has 0 bridgehead atoms. The molecule has 1 saturated carbocycles. The van der Waals surface area contributed by atoms with E-state index >= 15 is 0 Å². The fourth-order valence-corrected chi connectivity index (χ4v) is 2.96. The molecule has 0 spiro atoms. The zero-order chi connectivity index (χ0) is 17.4. The maximum absolute atomic E-state index is 12.1. The van der Waals surface area contributed by atoms with Gasteiger partial charge in [0.15, 0.2) is 0 Å². The van der Waals surface area contributed by atoms with Gasteiger partial charge in [0, 0.05) is 18.7 Å². The summed E-state index contributed by atoms with van der Waals surface area (Å²) in [4.78, 5) is 24.1. The Balaban J connectivity index is 1.84. The third-order valence-electron chi connectivity index (χ3n) is 4.13. The topological polar surface area (TPSA) is 70.2 Å². The molecule has 5 nitrogen and oxygen atoms in total. The van der Waals surface area contributed by atoms with E-state index in [0.29, 0.717) is 6.54 Å². The SMILES string of the molecule is CC(C)=CC(=O)NC1CCCCC1NC(=O)NCc1ccccc1. The number of carbonyl (C=O) groups excluding carboxylic acids is 2. The first-order chi connectivity index (χ1) is 11.5. The molecule has 2 atom stereocenters. The molecule has 3 N–H and O–H groups in total. The van der Waals surface area contributed by atoms with Crippen molar-refractivity contribution in [2.45, 2.75) is 58.2 Å². The number of amides is 3. The normalized spacial score (nSPS) is 19.9. The number of nitrogens with one attached hydrogen (secondary N) is 3. The molecule has 2 unspecified atom stereocenters. The monoisotopic (exact) mass is 329 g/mol. The zero-order valence-corrected chi connectivity index (χ0v) is 14.5. The van der Waals surface area contributed by atoms with Crippen LogP contribution in [0, 0.1) is 0 Å². The highest BCUT2D eigenvalue weighted by atomic mass is 16.2. The number of rotatable bonds is 5. The van der Waals surface area contributed by atoms with Crippen LogP contribution >= 0.6 is 0 Å². The Morgan fingerprint density at radius 1 is 1.04 bits per heavy atom. The highest BCUT2D eigenvalue weighted by Gasteiger charge is 2.27. The molecular weight excluding hydrogens is 302 g/mol. The minimum atomic E-state index is -0.188. The largest absolute Gasteiger partial charge is 0.348 e. The number of benzene rings is 1. The second-order valence-corrected chi connectivity index (χ2v) is 6.54. The first kappa shape index (κ1) is 18.0. The molecule has 0 heterocycles. The molecular formula is C19H27N3O2. The maximum atomic E-state index is 12.1. The van der Waals surface area contributed by atoms with Gasteiger partial charge < -0.3 is 16.0 Å². The smallest absolute Gasteiger partial charge is 0.315 e. The van der Waals surface area contributed by atoms with Gasteiger partial charge in [-0.1, -0.05) is 48.7 Å². The van der Waals surface area contributed by atoms with Crippen LogP contribution in [0.2, 0.25) is 0 Å². The second-order valence-electron chi connectivity index (χ2n) is 6.54. The molecule has 1 fully saturated rings. The molecule has 3 amide bonds. The summed E-state index contributed by atoms with van der Waals surface area (Å²) in [5, 5.41) is 8.91. The van der Waals surface area contributed by atoms with Crippen LogP contribution in [-0.4, -0.2) is 24.0 Å². The van der Waals surface area contributed by atoms with Gasteiger partial charge in [0.25, 0.3) is 0 Å². The molecule has 0 saturated heterocycles. The number of allylic oxidation sites excluding steroid dienone is 1. The van der Waals surface area contributed by atoms with Crippen LogP contribution in [0.25, 0.3) is 0 Å². The van der Waals surface area contributed by atoms with Crippen molar-refractivity contribution in [1.29, 1.82) is 0 Å². The van der Waals surface area contributed by atoms with Crippen LogP contribution in [0.5, 0.6) is 0 Å². The van der Waals surface area contributed by atoms with E-state index < -0.39 is 0 Å². The third kappa shape index (κ3) is 6.07. The summed E-state index contributed by atoms with van der Waals surface area (Å²) >= 11 is 0. The Morgan fingerprint density at radius 3 is 2.29 bits per heavy atom. The molecule has 1 aliphatic carbocycles. The summed E-state index contributed by atoms with van der Waals surface area (Å²) in [6, 6.07) is 9.58. The summed E-state index contributed by atoms with van der Waals surface area (Å²) in [5.74, 6) is -0.0848. The number of hydrogen-bond donors (Lipinski definition) is 3. The predicted octanol–water partition coefficient (Wildman–Crippen LogP) is 2.88. The Kier molecular flexibility index (Phi) is 6.85. The van der Waals surface area contributed by atoms with Crippen molar-refractivity contribution in [3.63, 3.8) is 0 Å². The van der Waals surface area contributed by atoms with Crippen LogP contribution in [-0.2, 0) is 11.3 Å². The van der Waals surface area contributed by atoms with Crippen LogP contribution in [0.3, 0.4) is 0 Å². The Morgan fingerprint density at radius 2 is 1.67 bits per heavy atom. The van der Waals surface area contributed by atoms with Gasteiger partial charge in [-0.25, -0.2) is 4.79 Å². The lowest BCUT2D eigenvalue weighted by Gasteiger charge is -2.32. The number of hydrogen-bond acceptors (Lipinski definition) is 2. The predicted molar refractivity (Wildman–Crippen MR) is 95.4 cm³/mol. The van der Waals surface area contributed by atoms with Gasteiger partial charge in [0.05, 0.1) is 6.04 Å². The lowest BCUT2D eigenvalue weighted by molar-refractivity contribution is -0.117. The lowest BCUT2D eigenvalue weighted by Crippen LogP contribution is -2.54. The van der Waals surface area contributed by atoms with Crippen LogP contribution in [0.1, 0.15) is 45.1 Å². The van der Waals surface area contributed by atoms with Crippen molar-refractivity contribution in [1.82, 2.24) is 16.0 Å². The van der Waals surface area contributed by atoms with E-state index in [1.165, 1.54) is 0 Å². The van der Waals surface area contributed by atoms with Crippen LogP contribution in [0.15, 0.2) is 42.0 Å². The van der Waals surface area contributed by atoms with Gasteiger partial charge in [-0.3, -0.25) is 4.79 Å². The fraction of sp³-hybridized carbons (Fsp3) is 0.474. The summed E-state index contributed by atoms with van der Waals surface area (Å²) in [5.41, 5.74) is 2.03. The summed E-state index contributed by atoms with van der Waals surface area (Å²) in [6.07, 6.45) is 5.52. The maximum Gasteiger partial charge on any atom is 0.315 e. The van der Waals surface area contributed by atoms with Crippen LogP contribution in [0.4, 0.5) is 4.79 Å². The molecule has 0 radical (unpaired) electrons. The van der Waals surface area contributed by atoms with Gasteiger partial charge in [-0.05, 0) is 32.3 Å². The summed E-state index contributed by atoms with van der Waals surface area (Å²) in [7, 11) is 0. The lowest BCUT2D eigenvalue weighted by atomic mass is 9.90. The van der Waals surface area contributed by atoms with E-state index in [9.17, 15) is 9.59 Å². The van der Waals surface area contributed by atoms with Crippen molar-refractivity contribution in [2.24, 2.45) is 0 Å². The fourth-order valence-electron chi connectivity index (χ4n) is 2.96. The van der Waals surface area contributed by atoms with Gasteiger partial charge in [-0.2, -0.15) is 0 Å². The average Bonchev–Trinajstić information content (AvgIpc) is 2.55. The first-order valence-corrected chi connectivity index (χ1v) is 8.58. The van der Waals surface area contributed by atoms with Crippen molar-refractivity contribution in [3.05, 3.63) is 47.5 Å². The average molecular weight is 329 g/mol. The standard InChI is InChI=1S/C19H27N3O2/c1-14(2)12-18(23)21-16-10-6-7-11-17(16)22-19(24)20-13-15-8-4-3-5-9-15/h3-5,8-9,12,16-17H,6-7,10-11,13H2,1-2H3,(H,21,23)(H2,20,22,24). The van der Waals surface area contributed by atoms with E-state index in [-0.39, 0.29) is 24.0 Å². The highest BCUT2D eigenvalue weighted by Crippen LogP contribution is 2.18. The first-order valence-electron chi connectivity index (χ1n) is 8.58. The van der Waals surface area contributed by atoms with E-state index in [0.717, 1.165) is 36.8 Å². The van der Waals surface area contributed by atoms with E-state index in [2.05, 4.69) is 16.0 Å². The minimum absolute atomic E-state index is 0.00988. The van der Waals surface area contributed by atoms with E-state index in [1.807, 2.05) is 44.2 Å². The molecule has 0 aliphatic heterocycles. The van der Waals surface area contributed by atoms with Gasteiger partial charge >= 0.3 is 6.03 Å². The number of carbonyl (C=O) groups is 2. The minimum Gasteiger partial charge on any atom is -0.348 e.